The fraction of sp³-hybridized carbons (Fsp3) is 0.579. The number of likely N-dealkylation sites (tertiary alicyclic amines) is 1. The van der Waals surface area contributed by atoms with E-state index in [-0.39, 0.29) is 6.61 Å². The Hall–Kier alpha value is -2.24. The molecular weight excluding hydrogens is 386 g/mol. The number of hydrogen-bond acceptors (Lipinski definition) is 9. The van der Waals surface area contributed by atoms with E-state index in [1.807, 2.05) is 30.3 Å². The summed E-state index contributed by atoms with van der Waals surface area (Å²) in [4.78, 5) is 26.1. The molecule has 4 N–H and O–H groups in total. The molecule has 6 atom stereocenters. The fourth-order valence-electron chi connectivity index (χ4n) is 3.36. The molecule has 1 aromatic rings. The number of esters is 1. The number of benzene rings is 1. The lowest BCUT2D eigenvalue weighted by atomic mass is 9.99. The minimum atomic E-state index is -1.71. The molecule has 10 nitrogen and oxygen atoms in total. The molecule has 2 fully saturated rings. The van der Waals surface area contributed by atoms with Gasteiger partial charge in [0, 0.05) is 6.54 Å². The van der Waals surface area contributed by atoms with Gasteiger partial charge in [-0.25, -0.2) is 9.59 Å². The lowest BCUT2D eigenvalue weighted by Crippen LogP contribution is -2.58. The van der Waals surface area contributed by atoms with Crippen molar-refractivity contribution in [3.8, 4) is 0 Å². The van der Waals surface area contributed by atoms with Crippen LogP contribution in [0.1, 0.15) is 18.4 Å². The van der Waals surface area contributed by atoms with Crippen molar-refractivity contribution in [2.45, 2.75) is 56.2 Å². The highest BCUT2D eigenvalue weighted by Gasteiger charge is 2.44. The highest BCUT2D eigenvalue weighted by molar-refractivity contribution is 5.82. The summed E-state index contributed by atoms with van der Waals surface area (Å²) in [6.07, 6.45) is -7.41. The van der Waals surface area contributed by atoms with Crippen LogP contribution < -0.4 is 0 Å². The third-order valence-electron chi connectivity index (χ3n) is 5.04. The Morgan fingerprint density at radius 1 is 1.03 bits per heavy atom. The van der Waals surface area contributed by atoms with Crippen LogP contribution in [0, 0.1) is 0 Å². The molecule has 3 rings (SSSR count). The van der Waals surface area contributed by atoms with Crippen LogP contribution in [0.5, 0.6) is 0 Å². The van der Waals surface area contributed by atoms with Gasteiger partial charge in [0.2, 0.25) is 0 Å². The molecule has 2 aliphatic heterocycles. The molecule has 1 amide bonds. The Labute approximate surface area is 167 Å². The summed E-state index contributed by atoms with van der Waals surface area (Å²) in [5.74, 6) is -0.704. The van der Waals surface area contributed by atoms with Crippen LogP contribution in [0.3, 0.4) is 0 Å². The van der Waals surface area contributed by atoms with Crippen LogP contribution in [0.25, 0.3) is 0 Å². The highest BCUT2D eigenvalue weighted by atomic mass is 16.7. The highest BCUT2D eigenvalue weighted by Crippen LogP contribution is 2.23. The van der Waals surface area contributed by atoms with Gasteiger partial charge in [0.05, 0.1) is 0 Å². The Kier molecular flexibility index (Phi) is 7.04. The maximum atomic E-state index is 12.4. The Morgan fingerprint density at radius 2 is 1.76 bits per heavy atom. The number of amides is 1. The van der Waals surface area contributed by atoms with Crippen molar-refractivity contribution < 1.29 is 44.2 Å². The molecule has 0 aliphatic carbocycles. The third-order valence-corrected chi connectivity index (χ3v) is 5.04. The lowest BCUT2D eigenvalue weighted by Gasteiger charge is -2.38. The van der Waals surface area contributed by atoms with E-state index in [0.717, 1.165) is 5.56 Å². The van der Waals surface area contributed by atoms with Gasteiger partial charge in [0.1, 0.15) is 43.7 Å². The molecule has 0 unspecified atom stereocenters. The molecule has 0 radical (unpaired) electrons. The molecule has 2 aliphatic rings. The van der Waals surface area contributed by atoms with E-state index in [4.69, 9.17) is 14.2 Å². The van der Waals surface area contributed by atoms with Gasteiger partial charge in [0.15, 0.2) is 6.29 Å². The molecule has 2 heterocycles. The predicted molar refractivity (Wildman–Crippen MR) is 96.2 cm³/mol. The summed E-state index contributed by atoms with van der Waals surface area (Å²) >= 11 is 0. The minimum absolute atomic E-state index is 0.0815. The van der Waals surface area contributed by atoms with Crippen LogP contribution >= 0.6 is 0 Å². The van der Waals surface area contributed by atoms with Crippen molar-refractivity contribution >= 4 is 12.1 Å². The summed E-state index contributed by atoms with van der Waals surface area (Å²) in [6, 6.07) is 8.31. The molecule has 2 saturated heterocycles. The number of carbonyl (C=O) groups is 2. The summed E-state index contributed by atoms with van der Waals surface area (Å²) in [5.41, 5.74) is 0.821. The normalized spacial score (nSPS) is 32.1. The number of aliphatic hydroxyl groups is 4. The van der Waals surface area contributed by atoms with Gasteiger partial charge in [-0.2, -0.15) is 0 Å². The minimum Gasteiger partial charge on any atom is -0.461 e. The van der Waals surface area contributed by atoms with Crippen LogP contribution in [-0.4, -0.2) is 87.3 Å². The van der Waals surface area contributed by atoms with Crippen LogP contribution in [0.15, 0.2) is 30.3 Å². The monoisotopic (exact) mass is 411 g/mol. The molecule has 1 aromatic carbocycles. The molecule has 0 saturated carbocycles. The van der Waals surface area contributed by atoms with Gasteiger partial charge < -0.3 is 34.6 Å². The first kappa shape index (κ1) is 21.5. The van der Waals surface area contributed by atoms with E-state index in [2.05, 4.69) is 0 Å². The van der Waals surface area contributed by atoms with E-state index in [1.165, 1.54) is 4.90 Å². The number of hydrogen-bond donors (Lipinski definition) is 4. The third kappa shape index (κ3) is 5.03. The second kappa shape index (κ2) is 9.51. The zero-order valence-corrected chi connectivity index (χ0v) is 15.7. The smallest absolute Gasteiger partial charge is 0.410 e. The second-order valence-electron chi connectivity index (χ2n) is 7.06. The van der Waals surface area contributed by atoms with Gasteiger partial charge in [-0.1, -0.05) is 30.3 Å². The standard InChI is InChI=1S/C19H25NO9/c21-14-13(29-18(25)16(23)15(14)22)10-27-17(24)12-7-4-8-20(12)19(26)28-9-11-5-2-1-3-6-11/h1-3,5-6,12-16,18,21-23,25H,4,7-10H2/t12-,13+,14+,15-,16+,18+/m0/s1. The van der Waals surface area contributed by atoms with E-state index in [9.17, 15) is 30.0 Å². The van der Waals surface area contributed by atoms with Crippen LogP contribution in [-0.2, 0) is 25.6 Å². The number of nitrogens with zero attached hydrogens (tertiary/aromatic N) is 1. The molecule has 29 heavy (non-hydrogen) atoms. The molecule has 10 heteroatoms. The number of aliphatic hydroxyl groups excluding tert-OH is 4. The fourth-order valence-corrected chi connectivity index (χ4v) is 3.36. The topological polar surface area (TPSA) is 146 Å². The molecule has 0 bridgehead atoms. The largest absolute Gasteiger partial charge is 0.461 e. The SMILES string of the molecule is O=C(OC[C@H]1O[C@@H](O)[C@H](O)[C@@H](O)[C@@H]1O)[C@@H]1CCCN1C(=O)OCc1ccccc1. The maximum Gasteiger partial charge on any atom is 0.410 e. The lowest BCUT2D eigenvalue weighted by molar-refractivity contribution is -0.287. The van der Waals surface area contributed by atoms with Crippen molar-refractivity contribution in [3.63, 3.8) is 0 Å². The molecular formula is C19H25NO9. The summed E-state index contributed by atoms with van der Waals surface area (Å²) < 4.78 is 15.4. The first-order valence-corrected chi connectivity index (χ1v) is 9.40. The zero-order chi connectivity index (χ0) is 21.0. The summed E-state index contributed by atoms with van der Waals surface area (Å²) in [6.45, 7) is -0.0258. The van der Waals surface area contributed by atoms with Gasteiger partial charge in [-0.05, 0) is 18.4 Å². The Balaban J connectivity index is 1.51. The zero-order valence-electron chi connectivity index (χ0n) is 15.7. The molecule has 160 valence electrons. The Morgan fingerprint density at radius 3 is 2.48 bits per heavy atom. The maximum absolute atomic E-state index is 12.4. The first-order valence-electron chi connectivity index (χ1n) is 9.40. The molecule has 0 aromatic heterocycles. The van der Waals surface area contributed by atoms with E-state index < -0.39 is 55.4 Å². The van der Waals surface area contributed by atoms with Crippen molar-refractivity contribution in [3.05, 3.63) is 35.9 Å². The quantitative estimate of drug-likeness (QED) is 0.454. The number of carbonyl (C=O) groups excluding carboxylic acids is 2. The van der Waals surface area contributed by atoms with Crippen molar-refractivity contribution in [2.24, 2.45) is 0 Å². The average Bonchev–Trinajstić information content (AvgIpc) is 3.23. The molecule has 0 spiro atoms. The Bertz CT molecular complexity index is 700. The predicted octanol–water partition coefficient (Wildman–Crippen LogP) is -0.869. The van der Waals surface area contributed by atoms with Gasteiger partial charge in [0.25, 0.3) is 0 Å². The van der Waals surface area contributed by atoms with Gasteiger partial charge in [-0.15, -0.1) is 0 Å². The summed E-state index contributed by atoms with van der Waals surface area (Å²) in [5, 5.41) is 38.6. The number of rotatable bonds is 5. The van der Waals surface area contributed by atoms with Crippen LogP contribution in [0.4, 0.5) is 4.79 Å². The first-order chi connectivity index (χ1) is 13.9. The van der Waals surface area contributed by atoms with E-state index >= 15 is 0 Å². The van der Waals surface area contributed by atoms with Gasteiger partial charge >= 0.3 is 12.1 Å². The number of ether oxygens (including phenoxy) is 3. The van der Waals surface area contributed by atoms with E-state index in [0.29, 0.717) is 19.4 Å². The van der Waals surface area contributed by atoms with Gasteiger partial charge in [-0.3, -0.25) is 4.90 Å². The summed E-state index contributed by atoms with van der Waals surface area (Å²) in [7, 11) is 0. The van der Waals surface area contributed by atoms with Crippen LogP contribution in [0.2, 0.25) is 0 Å². The average molecular weight is 411 g/mol. The van der Waals surface area contributed by atoms with Crippen molar-refractivity contribution in [1.29, 1.82) is 0 Å². The van der Waals surface area contributed by atoms with Crippen molar-refractivity contribution in [1.82, 2.24) is 4.90 Å². The van der Waals surface area contributed by atoms with Crippen molar-refractivity contribution in [2.75, 3.05) is 13.2 Å². The second-order valence-corrected chi connectivity index (χ2v) is 7.06. The van der Waals surface area contributed by atoms with E-state index in [1.54, 1.807) is 0 Å².